The largest absolute Gasteiger partial charge is 0.416 e. The van der Waals surface area contributed by atoms with Gasteiger partial charge in [0.1, 0.15) is 5.82 Å². The molecule has 1 aromatic heterocycles. The predicted octanol–water partition coefficient (Wildman–Crippen LogP) is 5.52. The molecule has 7 heteroatoms. The summed E-state index contributed by atoms with van der Waals surface area (Å²) in [6, 6.07) is 11.0. The number of halogens is 5. The van der Waals surface area contributed by atoms with E-state index in [4.69, 9.17) is 0 Å². The summed E-state index contributed by atoms with van der Waals surface area (Å²) >= 11 is 0. The number of benzene rings is 2. The lowest BCUT2D eigenvalue weighted by Crippen LogP contribution is -2.06. The molecule has 0 saturated heterocycles. The van der Waals surface area contributed by atoms with E-state index in [0.29, 0.717) is 17.4 Å². The second-order valence-electron chi connectivity index (χ2n) is 5.21. The number of rotatable bonds is 3. The Hall–Kier alpha value is -2.96. The summed E-state index contributed by atoms with van der Waals surface area (Å²) in [6.45, 7) is 0. The molecule has 0 aliphatic heterocycles. The molecule has 0 spiro atoms. The highest BCUT2D eigenvalue weighted by Gasteiger charge is 2.30. The van der Waals surface area contributed by atoms with Crippen LogP contribution >= 0.6 is 0 Å². The third-order valence-corrected chi connectivity index (χ3v) is 3.48. The number of alkyl halides is 3. The van der Waals surface area contributed by atoms with E-state index in [2.05, 4.69) is 4.99 Å². The summed E-state index contributed by atoms with van der Waals surface area (Å²) in [5, 5.41) is 0. The highest BCUT2D eigenvalue weighted by atomic mass is 19.4. The Kier molecular flexibility index (Phi) is 4.39. The molecule has 1 heterocycles. The van der Waals surface area contributed by atoms with Gasteiger partial charge in [-0.1, -0.05) is 6.07 Å². The van der Waals surface area contributed by atoms with Crippen LogP contribution in [0.5, 0.6) is 0 Å². The van der Waals surface area contributed by atoms with E-state index >= 15 is 0 Å². The van der Waals surface area contributed by atoms with Crippen LogP contribution in [-0.4, -0.2) is 10.8 Å². The molecular weight excluding hydrogens is 339 g/mol. The molecule has 0 bridgehead atoms. The van der Waals surface area contributed by atoms with E-state index < -0.39 is 23.4 Å². The van der Waals surface area contributed by atoms with Crippen LogP contribution in [0.2, 0.25) is 0 Å². The Morgan fingerprint density at radius 2 is 1.72 bits per heavy atom. The number of aromatic nitrogens is 1. The molecule has 0 amide bonds. The van der Waals surface area contributed by atoms with E-state index in [1.807, 2.05) is 0 Å². The Bertz CT molecular complexity index is 925. The average Bonchev–Trinajstić information content (AvgIpc) is 3.02. The van der Waals surface area contributed by atoms with Gasteiger partial charge in [0, 0.05) is 18.0 Å². The van der Waals surface area contributed by atoms with Crippen LogP contribution in [0, 0.1) is 11.6 Å². The van der Waals surface area contributed by atoms with Crippen molar-refractivity contribution in [3.63, 3.8) is 0 Å². The molecule has 128 valence electrons. The molecule has 0 aliphatic rings. The van der Waals surface area contributed by atoms with Crippen LogP contribution in [-0.2, 0) is 6.18 Å². The second kappa shape index (κ2) is 6.51. The lowest BCUT2D eigenvalue weighted by Gasteiger charge is -2.11. The van der Waals surface area contributed by atoms with Gasteiger partial charge in [0.2, 0.25) is 0 Å². The van der Waals surface area contributed by atoms with E-state index in [1.165, 1.54) is 29.0 Å². The minimum Gasteiger partial charge on any atom is -0.316 e. The molecule has 3 aromatic rings. The van der Waals surface area contributed by atoms with Crippen LogP contribution < -0.4 is 0 Å². The van der Waals surface area contributed by atoms with Crippen LogP contribution in [0.3, 0.4) is 0 Å². The summed E-state index contributed by atoms with van der Waals surface area (Å²) in [4.78, 5) is 3.94. The van der Waals surface area contributed by atoms with Gasteiger partial charge in [0.25, 0.3) is 0 Å². The van der Waals surface area contributed by atoms with Crippen LogP contribution in [0.25, 0.3) is 5.69 Å². The molecule has 2 aromatic carbocycles. The van der Waals surface area contributed by atoms with E-state index in [0.717, 1.165) is 18.2 Å². The van der Waals surface area contributed by atoms with Crippen molar-refractivity contribution in [3.8, 4) is 5.69 Å². The molecule has 0 N–H and O–H groups in total. The van der Waals surface area contributed by atoms with Crippen molar-refractivity contribution in [2.24, 2.45) is 4.99 Å². The smallest absolute Gasteiger partial charge is 0.316 e. The summed E-state index contributed by atoms with van der Waals surface area (Å²) in [7, 11) is 0. The average molecular weight is 350 g/mol. The van der Waals surface area contributed by atoms with Crippen LogP contribution in [0.15, 0.2) is 65.8 Å². The first kappa shape index (κ1) is 16.9. The van der Waals surface area contributed by atoms with Crippen molar-refractivity contribution in [1.82, 2.24) is 4.57 Å². The molecule has 0 fully saturated rings. The van der Waals surface area contributed by atoms with Crippen LogP contribution in [0.1, 0.15) is 11.3 Å². The number of nitrogens with zero attached hydrogens (tertiary/aromatic N) is 2. The van der Waals surface area contributed by atoms with Crippen molar-refractivity contribution in [2.45, 2.75) is 6.18 Å². The van der Waals surface area contributed by atoms with Gasteiger partial charge in [-0.25, -0.2) is 8.78 Å². The highest BCUT2D eigenvalue weighted by Crippen LogP contribution is 2.30. The lowest BCUT2D eigenvalue weighted by atomic mass is 10.2. The van der Waals surface area contributed by atoms with Crippen LogP contribution in [0.4, 0.5) is 27.6 Å². The Morgan fingerprint density at radius 1 is 0.920 bits per heavy atom. The molecule has 0 atom stereocenters. The maximum Gasteiger partial charge on any atom is 0.416 e. The molecular formula is C18H11F5N2. The standard InChI is InChI=1S/C18H11F5N2/c19-13-6-7-17(16(20)10-13)24-11-15-5-2-8-25(15)14-4-1-3-12(9-14)18(21,22)23/h1-11H. The predicted molar refractivity (Wildman–Crippen MR) is 84.4 cm³/mol. The van der Waals surface area contributed by atoms with Crippen molar-refractivity contribution in [3.05, 3.63) is 83.7 Å². The minimum absolute atomic E-state index is 0.0711. The summed E-state index contributed by atoms with van der Waals surface area (Å²) in [5.41, 5.74) is -0.103. The zero-order valence-electron chi connectivity index (χ0n) is 12.6. The number of hydrogen-bond acceptors (Lipinski definition) is 1. The quantitative estimate of drug-likeness (QED) is 0.437. The van der Waals surface area contributed by atoms with Crippen molar-refractivity contribution in [1.29, 1.82) is 0 Å². The van der Waals surface area contributed by atoms with Gasteiger partial charge in [-0.05, 0) is 42.5 Å². The zero-order chi connectivity index (χ0) is 18.0. The Morgan fingerprint density at radius 3 is 2.44 bits per heavy atom. The second-order valence-corrected chi connectivity index (χ2v) is 5.21. The molecule has 3 rings (SSSR count). The molecule has 0 aliphatic carbocycles. The fraction of sp³-hybridized carbons (Fsp3) is 0.0556. The van der Waals surface area contributed by atoms with Crippen molar-refractivity contribution >= 4 is 11.9 Å². The summed E-state index contributed by atoms with van der Waals surface area (Å²) < 4.78 is 66.5. The SMILES string of the molecule is Fc1ccc(N=Cc2cccn2-c2cccc(C(F)(F)F)c2)c(F)c1. The van der Waals surface area contributed by atoms with Gasteiger partial charge in [-0.2, -0.15) is 13.2 Å². The summed E-state index contributed by atoms with van der Waals surface area (Å²) in [6.07, 6.45) is -1.58. The molecule has 25 heavy (non-hydrogen) atoms. The normalized spacial score (nSPS) is 12.0. The van der Waals surface area contributed by atoms with Gasteiger partial charge in [-0.15, -0.1) is 0 Å². The fourth-order valence-electron chi connectivity index (χ4n) is 2.29. The molecule has 0 saturated carbocycles. The maximum atomic E-state index is 13.6. The van der Waals surface area contributed by atoms with Gasteiger partial charge in [-0.3, -0.25) is 4.99 Å². The minimum atomic E-state index is -4.45. The first-order valence-electron chi connectivity index (χ1n) is 7.19. The fourth-order valence-corrected chi connectivity index (χ4v) is 2.29. The topological polar surface area (TPSA) is 17.3 Å². The summed E-state index contributed by atoms with van der Waals surface area (Å²) in [5.74, 6) is -1.54. The molecule has 2 nitrogen and oxygen atoms in total. The van der Waals surface area contributed by atoms with Gasteiger partial charge in [0.15, 0.2) is 5.82 Å². The Balaban J connectivity index is 1.95. The zero-order valence-corrected chi connectivity index (χ0v) is 12.6. The maximum absolute atomic E-state index is 13.6. The molecule has 0 unspecified atom stereocenters. The van der Waals surface area contributed by atoms with E-state index in [-0.39, 0.29) is 5.69 Å². The number of hydrogen-bond donors (Lipinski definition) is 0. The van der Waals surface area contributed by atoms with Gasteiger partial charge >= 0.3 is 6.18 Å². The van der Waals surface area contributed by atoms with Gasteiger partial charge in [0.05, 0.1) is 23.2 Å². The van der Waals surface area contributed by atoms with Crippen molar-refractivity contribution < 1.29 is 22.0 Å². The third kappa shape index (κ3) is 3.76. The first-order valence-corrected chi connectivity index (χ1v) is 7.19. The lowest BCUT2D eigenvalue weighted by molar-refractivity contribution is -0.137. The monoisotopic (exact) mass is 350 g/mol. The Labute approximate surface area is 139 Å². The highest BCUT2D eigenvalue weighted by molar-refractivity contribution is 5.81. The molecule has 0 radical (unpaired) electrons. The van der Waals surface area contributed by atoms with E-state index in [1.54, 1.807) is 18.3 Å². The third-order valence-electron chi connectivity index (χ3n) is 3.48. The van der Waals surface area contributed by atoms with Gasteiger partial charge < -0.3 is 4.57 Å². The number of aliphatic imine (C=N–C) groups is 1. The van der Waals surface area contributed by atoms with E-state index in [9.17, 15) is 22.0 Å². The first-order chi connectivity index (χ1) is 11.8. The van der Waals surface area contributed by atoms with Crippen molar-refractivity contribution in [2.75, 3.05) is 0 Å².